The molecule has 1 heterocycles. The topological polar surface area (TPSA) is 95.6 Å². The lowest BCUT2D eigenvalue weighted by Crippen LogP contribution is -2.43. The minimum atomic E-state index is -1.14. The van der Waals surface area contributed by atoms with Gasteiger partial charge in [-0.3, -0.25) is 19.3 Å². The summed E-state index contributed by atoms with van der Waals surface area (Å²) in [4.78, 5) is 50.4. The zero-order valence-electron chi connectivity index (χ0n) is 17.8. The van der Waals surface area contributed by atoms with Crippen molar-refractivity contribution in [1.29, 1.82) is 0 Å². The first-order valence-corrected chi connectivity index (χ1v) is 10.4. The van der Waals surface area contributed by atoms with E-state index in [9.17, 15) is 19.2 Å². The molecule has 31 heavy (non-hydrogen) atoms. The fourth-order valence-electron chi connectivity index (χ4n) is 3.78. The summed E-state index contributed by atoms with van der Waals surface area (Å²) >= 11 is 0. The highest BCUT2D eigenvalue weighted by molar-refractivity contribution is 6.11. The second-order valence-corrected chi connectivity index (χ2v) is 7.65. The van der Waals surface area contributed by atoms with Gasteiger partial charge in [-0.25, -0.2) is 4.79 Å². The predicted molar refractivity (Wildman–Crippen MR) is 116 cm³/mol. The fraction of sp³-hybridized carbons (Fsp3) is 0.333. The van der Waals surface area contributed by atoms with Gasteiger partial charge in [-0.05, 0) is 30.4 Å². The summed E-state index contributed by atoms with van der Waals surface area (Å²) in [7, 11) is 0. The standard InChI is InChI=1S/C24H27N3O4/c1-3-24(20-9-5-4-6-10-20)22(30)27(23(31)26-24)16-21(29)19-13-11-18(12-14-19)8-7-15-25-17(2)28/h4-6,9-14H,3,7-8,15-16H2,1-2H3,(H,25,28)(H,26,31)/t24-/m1/s1. The van der Waals surface area contributed by atoms with Gasteiger partial charge in [-0.1, -0.05) is 61.5 Å². The molecule has 1 fully saturated rings. The maximum absolute atomic E-state index is 13.1. The summed E-state index contributed by atoms with van der Waals surface area (Å²) in [6.45, 7) is 3.61. The summed E-state index contributed by atoms with van der Waals surface area (Å²) in [6.07, 6.45) is 1.96. The summed E-state index contributed by atoms with van der Waals surface area (Å²) in [5.74, 6) is -0.761. The van der Waals surface area contributed by atoms with Crippen molar-refractivity contribution in [2.24, 2.45) is 0 Å². The Hall–Kier alpha value is -3.48. The summed E-state index contributed by atoms with van der Waals surface area (Å²) in [5, 5.41) is 5.54. The molecule has 2 aromatic rings. The van der Waals surface area contributed by atoms with E-state index >= 15 is 0 Å². The number of amides is 4. The van der Waals surface area contributed by atoms with Gasteiger partial charge >= 0.3 is 6.03 Å². The van der Waals surface area contributed by atoms with Crippen LogP contribution in [0.15, 0.2) is 54.6 Å². The molecule has 0 bridgehead atoms. The van der Waals surface area contributed by atoms with Gasteiger partial charge in [0.1, 0.15) is 5.54 Å². The highest BCUT2D eigenvalue weighted by Gasteiger charge is 2.51. The van der Waals surface area contributed by atoms with Crippen LogP contribution in [-0.4, -0.2) is 41.6 Å². The smallest absolute Gasteiger partial charge is 0.325 e. The van der Waals surface area contributed by atoms with E-state index in [0.717, 1.165) is 23.3 Å². The summed E-state index contributed by atoms with van der Waals surface area (Å²) in [6, 6.07) is 15.7. The van der Waals surface area contributed by atoms with Crippen LogP contribution in [0.2, 0.25) is 0 Å². The van der Waals surface area contributed by atoms with Gasteiger partial charge in [0.05, 0.1) is 6.54 Å². The van der Waals surface area contributed by atoms with Gasteiger partial charge in [0.2, 0.25) is 5.91 Å². The molecule has 2 N–H and O–H groups in total. The number of urea groups is 1. The second kappa shape index (κ2) is 9.55. The zero-order valence-corrected chi connectivity index (χ0v) is 17.8. The molecule has 0 saturated carbocycles. The van der Waals surface area contributed by atoms with Crippen LogP contribution in [0.3, 0.4) is 0 Å². The third-order valence-corrected chi connectivity index (χ3v) is 5.57. The van der Waals surface area contributed by atoms with Crippen LogP contribution in [0.25, 0.3) is 0 Å². The van der Waals surface area contributed by atoms with E-state index in [0.29, 0.717) is 24.1 Å². The molecular formula is C24H27N3O4. The average molecular weight is 421 g/mol. The number of rotatable bonds is 9. The van der Waals surface area contributed by atoms with Crippen LogP contribution in [0.1, 0.15) is 48.2 Å². The van der Waals surface area contributed by atoms with Crippen molar-refractivity contribution in [1.82, 2.24) is 15.5 Å². The Kier molecular flexibility index (Phi) is 6.84. The Morgan fingerprint density at radius 2 is 1.71 bits per heavy atom. The minimum Gasteiger partial charge on any atom is -0.356 e. The van der Waals surface area contributed by atoms with E-state index in [1.54, 1.807) is 24.3 Å². The average Bonchev–Trinajstić information content (AvgIpc) is 3.02. The van der Waals surface area contributed by atoms with E-state index in [4.69, 9.17) is 0 Å². The van der Waals surface area contributed by atoms with E-state index in [2.05, 4.69) is 10.6 Å². The predicted octanol–water partition coefficient (Wildman–Crippen LogP) is 2.80. The molecular weight excluding hydrogens is 394 g/mol. The van der Waals surface area contributed by atoms with Crippen LogP contribution in [-0.2, 0) is 21.5 Å². The number of nitrogens with zero attached hydrogens (tertiary/aromatic N) is 1. The number of Topliss-reactive ketones (excluding diaryl/α,β-unsaturated/α-hetero) is 1. The maximum atomic E-state index is 13.1. The molecule has 1 aliphatic heterocycles. The van der Waals surface area contributed by atoms with E-state index in [-0.39, 0.29) is 18.2 Å². The molecule has 0 radical (unpaired) electrons. The van der Waals surface area contributed by atoms with Gasteiger partial charge in [0.25, 0.3) is 5.91 Å². The molecule has 3 rings (SSSR count). The molecule has 1 atom stereocenters. The third-order valence-electron chi connectivity index (χ3n) is 5.57. The molecule has 1 aliphatic rings. The number of ketones is 1. The van der Waals surface area contributed by atoms with Crippen LogP contribution in [0, 0.1) is 0 Å². The molecule has 0 aliphatic carbocycles. The number of aryl methyl sites for hydroxylation is 1. The SMILES string of the molecule is CC[C@]1(c2ccccc2)NC(=O)N(CC(=O)c2ccc(CCCNC(C)=O)cc2)C1=O. The van der Waals surface area contributed by atoms with Crippen molar-refractivity contribution in [3.63, 3.8) is 0 Å². The number of carbonyl (C=O) groups excluding carboxylic acids is 4. The summed E-state index contributed by atoms with van der Waals surface area (Å²) in [5.41, 5.74) is 1.05. The molecule has 0 aromatic heterocycles. The van der Waals surface area contributed by atoms with Gasteiger partial charge in [0, 0.05) is 19.0 Å². The second-order valence-electron chi connectivity index (χ2n) is 7.65. The number of imide groups is 1. The zero-order chi connectivity index (χ0) is 22.4. The van der Waals surface area contributed by atoms with Crippen LogP contribution < -0.4 is 10.6 Å². The minimum absolute atomic E-state index is 0.0548. The number of nitrogens with one attached hydrogen (secondary N) is 2. The Balaban J connectivity index is 1.65. The largest absolute Gasteiger partial charge is 0.356 e. The molecule has 162 valence electrons. The normalized spacial score (nSPS) is 18.1. The molecule has 0 spiro atoms. The van der Waals surface area contributed by atoms with E-state index < -0.39 is 17.5 Å². The lowest BCUT2D eigenvalue weighted by atomic mass is 9.87. The molecule has 0 unspecified atom stereocenters. The van der Waals surface area contributed by atoms with E-state index in [1.807, 2.05) is 37.3 Å². The van der Waals surface area contributed by atoms with Crippen molar-refractivity contribution in [2.75, 3.05) is 13.1 Å². The van der Waals surface area contributed by atoms with Gasteiger partial charge < -0.3 is 10.6 Å². The van der Waals surface area contributed by atoms with Crippen molar-refractivity contribution in [2.45, 2.75) is 38.6 Å². The monoisotopic (exact) mass is 421 g/mol. The Morgan fingerprint density at radius 3 is 2.32 bits per heavy atom. The number of benzene rings is 2. The molecule has 7 heteroatoms. The van der Waals surface area contributed by atoms with Crippen LogP contribution in [0.4, 0.5) is 4.79 Å². The van der Waals surface area contributed by atoms with Crippen LogP contribution in [0.5, 0.6) is 0 Å². The quantitative estimate of drug-likeness (QED) is 0.370. The highest BCUT2D eigenvalue weighted by atomic mass is 16.2. The summed E-state index contributed by atoms with van der Waals surface area (Å²) < 4.78 is 0. The number of hydrogen-bond donors (Lipinski definition) is 2. The Bertz CT molecular complexity index is 972. The number of carbonyl (C=O) groups is 4. The first-order chi connectivity index (χ1) is 14.9. The Labute approximate surface area is 181 Å². The van der Waals surface area contributed by atoms with Gasteiger partial charge in [0.15, 0.2) is 5.78 Å². The number of hydrogen-bond acceptors (Lipinski definition) is 4. The van der Waals surface area contributed by atoms with Gasteiger partial charge in [-0.2, -0.15) is 0 Å². The molecule has 2 aromatic carbocycles. The van der Waals surface area contributed by atoms with Gasteiger partial charge in [-0.15, -0.1) is 0 Å². The lowest BCUT2D eigenvalue weighted by molar-refractivity contribution is -0.131. The fourth-order valence-corrected chi connectivity index (χ4v) is 3.78. The van der Waals surface area contributed by atoms with Crippen molar-refractivity contribution in [3.05, 3.63) is 71.3 Å². The highest BCUT2D eigenvalue weighted by Crippen LogP contribution is 2.32. The first kappa shape index (κ1) is 22.2. The molecule has 1 saturated heterocycles. The Morgan fingerprint density at radius 1 is 1.03 bits per heavy atom. The lowest BCUT2D eigenvalue weighted by Gasteiger charge is -2.25. The third kappa shape index (κ3) is 4.82. The first-order valence-electron chi connectivity index (χ1n) is 10.4. The molecule has 4 amide bonds. The van der Waals surface area contributed by atoms with Crippen molar-refractivity contribution >= 4 is 23.6 Å². The van der Waals surface area contributed by atoms with Crippen LogP contribution >= 0.6 is 0 Å². The van der Waals surface area contributed by atoms with Crippen molar-refractivity contribution in [3.8, 4) is 0 Å². The maximum Gasteiger partial charge on any atom is 0.325 e. The van der Waals surface area contributed by atoms with Crippen molar-refractivity contribution < 1.29 is 19.2 Å². The molecule has 7 nitrogen and oxygen atoms in total. The van der Waals surface area contributed by atoms with E-state index in [1.165, 1.54) is 6.92 Å².